The summed E-state index contributed by atoms with van der Waals surface area (Å²) < 4.78 is 4.64. The average Bonchev–Trinajstić information content (AvgIpc) is 2.39. The molecule has 0 aromatic carbocycles. The molecule has 1 atom stereocenters. The Kier molecular flexibility index (Phi) is 2.81. The highest BCUT2D eigenvalue weighted by molar-refractivity contribution is 5.68. The van der Waals surface area contributed by atoms with Crippen LogP contribution in [-0.2, 0) is 4.74 Å². The molecular formula is C9H17NO3. The molecule has 4 heteroatoms. The summed E-state index contributed by atoms with van der Waals surface area (Å²) >= 11 is 0. The highest BCUT2D eigenvalue weighted by Gasteiger charge is 2.39. The van der Waals surface area contributed by atoms with E-state index in [1.807, 2.05) is 0 Å². The number of carbonyl (C=O) groups is 1. The first kappa shape index (κ1) is 10.3. The fourth-order valence-electron chi connectivity index (χ4n) is 1.90. The Bertz CT molecular complexity index is 203. The van der Waals surface area contributed by atoms with Crippen LogP contribution in [0.25, 0.3) is 0 Å². The topological polar surface area (TPSA) is 49.8 Å². The summed E-state index contributed by atoms with van der Waals surface area (Å²) in [5.74, 6) is 0. The average molecular weight is 187 g/mol. The lowest BCUT2D eigenvalue weighted by atomic mass is 9.91. The predicted octanol–water partition coefficient (Wildman–Crippen LogP) is 0.846. The summed E-state index contributed by atoms with van der Waals surface area (Å²) in [6.07, 6.45) is 0.489. The summed E-state index contributed by atoms with van der Waals surface area (Å²) in [5.41, 5.74) is 0.0849. The number of aliphatic hydroxyl groups excluding tert-OH is 1. The normalized spacial score (nSPS) is 26.2. The second-order valence-corrected chi connectivity index (χ2v) is 4.30. The first-order valence-electron chi connectivity index (χ1n) is 4.45. The molecular weight excluding hydrogens is 170 g/mol. The Hall–Kier alpha value is -0.770. The molecule has 76 valence electrons. The minimum absolute atomic E-state index is 0.0124. The summed E-state index contributed by atoms with van der Waals surface area (Å²) in [5, 5.41) is 9.06. The van der Waals surface area contributed by atoms with Crippen molar-refractivity contribution in [1.82, 2.24) is 4.90 Å². The van der Waals surface area contributed by atoms with Gasteiger partial charge >= 0.3 is 6.09 Å². The number of rotatable bonds is 1. The summed E-state index contributed by atoms with van der Waals surface area (Å²) in [7, 11) is 1.36. The van der Waals surface area contributed by atoms with Gasteiger partial charge in [0.25, 0.3) is 0 Å². The van der Waals surface area contributed by atoms with E-state index in [-0.39, 0.29) is 24.2 Å². The minimum Gasteiger partial charge on any atom is -0.453 e. The van der Waals surface area contributed by atoms with Crippen LogP contribution in [0, 0.1) is 5.41 Å². The van der Waals surface area contributed by atoms with Crippen molar-refractivity contribution in [2.75, 3.05) is 20.3 Å². The quantitative estimate of drug-likeness (QED) is 0.662. The number of carbonyl (C=O) groups excluding carboxylic acids is 1. The fraction of sp³-hybridized carbons (Fsp3) is 0.889. The third-order valence-corrected chi connectivity index (χ3v) is 2.45. The van der Waals surface area contributed by atoms with Gasteiger partial charge in [0.05, 0.1) is 19.8 Å². The Morgan fingerprint density at radius 2 is 2.31 bits per heavy atom. The van der Waals surface area contributed by atoms with Crippen LogP contribution in [0.15, 0.2) is 0 Å². The molecule has 0 aliphatic carbocycles. The highest BCUT2D eigenvalue weighted by Crippen LogP contribution is 2.33. The number of ether oxygens (including phenoxy) is 1. The predicted molar refractivity (Wildman–Crippen MR) is 48.4 cm³/mol. The van der Waals surface area contributed by atoms with Gasteiger partial charge in [0.1, 0.15) is 0 Å². The van der Waals surface area contributed by atoms with Crippen molar-refractivity contribution in [3.63, 3.8) is 0 Å². The van der Waals surface area contributed by atoms with Crippen molar-refractivity contribution in [2.24, 2.45) is 5.41 Å². The van der Waals surface area contributed by atoms with Gasteiger partial charge in [-0.15, -0.1) is 0 Å². The van der Waals surface area contributed by atoms with Gasteiger partial charge in [-0.25, -0.2) is 4.79 Å². The molecule has 0 bridgehead atoms. The number of methoxy groups -OCH3 is 1. The molecule has 1 rings (SSSR count). The lowest BCUT2D eigenvalue weighted by molar-refractivity contribution is 0.100. The van der Waals surface area contributed by atoms with Crippen LogP contribution < -0.4 is 0 Å². The molecule has 1 fully saturated rings. The Labute approximate surface area is 78.5 Å². The number of hydrogen-bond acceptors (Lipinski definition) is 3. The van der Waals surface area contributed by atoms with Gasteiger partial charge in [-0.2, -0.15) is 0 Å². The number of likely N-dealkylation sites (tertiary alicyclic amines) is 1. The van der Waals surface area contributed by atoms with Crippen LogP contribution in [-0.4, -0.2) is 42.4 Å². The monoisotopic (exact) mass is 187 g/mol. The molecule has 0 radical (unpaired) electrons. The van der Waals surface area contributed by atoms with E-state index in [0.717, 1.165) is 6.42 Å². The molecule has 1 aliphatic rings. The minimum atomic E-state index is -0.343. The molecule has 0 aromatic heterocycles. The zero-order valence-electron chi connectivity index (χ0n) is 8.41. The molecule has 4 nitrogen and oxygen atoms in total. The summed E-state index contributed by atoms with van der Waals surface area (Å²) in [6, 6.07) is -0.0811. The van der Waals surface area contributed by atoms with E-state index in [9.17, 15) is 4.79 Å². The van der Waals surface area contributed by atoms with Crippen molar-refractivity contribution >= 4 is 6.09 Å². The molecule has 0 aromatic rings. The van der Waals surface area contributed by atoms with Crippen LogP contribution in [0.3, 0.4) is 0 Å². The second kappa shape index (κ2) is 3.54. The van der Waals surface area contributed by atoms with E-state index >= 15 is 0 Å². The van der Waals surface area contributed by atoms with E-state index in [2.05, 4.69) is 18.6 Å². The van der Waals surface area contributed by atoms with Crippen molar-refractivity contribution in [3.8, 4) is 0 Å². The molecule has 1 unspecified atom stereocenters. The van der Waals surface area contributed by atoms with Crippen molar-refractivity contribution < 1.29 is 14.6 Å². The van der Waals surface area contributed by atoms with Crippen molar-refractivity contribution in [2.45, 2.75) is 26.3 Å². The van der Waals surface area contributed by atoms with Gasteiger partial charge in [-0.3, -0.25) is 0 Å². The SMILES string of the molecule is COC(=O)N1CC(C)(C)CC1CO. The maximum Gasteiger partial charge on any atom is 0.409 e. The maximum atomic E-state index is 11.3. The lowest BCUT2D eigenvalue weighted by Crippen LogP contribution is -2.37. The van der Waals surface area contributed by atoms with Crippen LogP contribution >= 0.6 is 0 Å². The van der Waals surface area contributed by atoms with Gasteiger partial charge in [-0.05, 0) is 11.8 Å². The number of hydrogen-bond donors (Lipinski definition) is 1. The molecule has 1 amide bonds. The fourth-order valence-corrected chi connectivity index (χ4v) is 1.90. The van der Waals surface area contributed by atoms with E-state index in [1.165, 1.54) is 7.11 Å². The smallest absolute Gasteiger partial charge is 0.409 e. The highest BCUT2D eigenvalue weighted by atomic mass is 16.5. The zero-order chi connectivity index (χ0) is 10.1. The number of nitrogens with zero attached hydrogens (tertiary/aromatic N) is 1. The van der Waals surface area contributed by atoms with E-state index in [1.54, 1.807) is 4.90 Å². The van der Waals surface area contributed by atoms with Crippen LogP contribution in [0.1, 0.15) is 20.3 Å². The van der Waals surface area contributed by atoms with Gasteiger partial charge < -0.3 is 14.7 Å². The molecule has 1 aliphatic heterocycles. The molecule has 1 N–H and O–H groups in total. The maximum absolute atomic E-state index is 11.3. The summed E-state index contributed by atoms with van der Waals surface area (Å²) in [4.78, 5) is 12.9. The molecule has 0 spiro atoms. The summed E-state index contributed by atoms with van der Waals surface area (Å²) in [6.45, 7) is 4.83. The van der Waals surface area contributed by atoms with Crippen LogP contribution in [0.2, 0.25) is 0 Å². The molecule has 1 heterocycles. The number of aliphatic hydroxyl groups is 1. The molecule has 1 saturated heterocycles. The zero-order valence-corrected chi connectivity index (χ0v) is 8.41. The van der Waals surface area contributed by atoms with Gasteiger partial charge in [0.15, 0.2) is 0 Å². The van der Waals surface area contributed by atoms with E-state index < -0.39 is 0 Å². The van der Waals surface area contributed by atoms with Crippen molar-refractivity contribution in [1.29, 1.82) is 0 Å². The largest absolute Gasteiger partial charge is 0.453 e. The second-order valence-electron chi connectivity index (χ2n) is 4.30. The van der Waals surface area contributed by atoms with Crippen LogP contribution in [0.5, 0.6) is 0 Å². The third-order valence-electron chi connectivity index (χ3n) is 2.45. The van der Waals surface area contributed by atoms with Crippen molar-refractivity contribution in [3.05, 3.63) is 0 Å². The van der Waals surface area contributed by atoms with E-state index in [4.69, 9.17) is 5.11 Å². The van der Waals surface area contributed by atoms with Gasteiger partial charge in [0.2, 0.25) is 0 Å². The molecule has 0 saturated carbocycles. The van der Waals surface area contributed by atoms with E-state index in [0.29, 0.717) is 6.54 Å². The Balaban J connectivity index is 2.69. The lowest BCUT2D eigenvalue weighted by Gasteiger charge is -2.21. The first-order chi connectivity index (χ1) is 6.00. The van der Waals surface area contributed by atoms with Crippen LogP contribution in [0.4, 0.5) is 4.79 Å². The Morgan fingerprint density at radius 3 is 2.77 bits per heavy atom. The van der Waals surface area contributed by atoms with Gasteiger partial charge in [0, 0.05) is 6.54 Å². The number of amides is 1. The third kappa shape index (κ3) is 2.12. The molecule has 13 heavy (non-hydrogen) atoms. The van der Waals surface area contributed by atoms with Gasteiger partial charge in [-0.1, -0.05) is 13.8 Å². The standard InChI is InChI=1S/C9H17NO3/c1-9(2)4-7(5-11)10(6-9)8(12)13-3/h7,11H,4-6H2,1-3H3. The first-order valence-corrected chi connectivity index (χ1v) is 4.45. The Morgan fingerprint density at radius 1 is 1.69 bits per heavy atom.